The van der Waals surface area contributed by atoms with Gasteiger partial charge >= 0.3 is 7.82 Å². The smallest absolute Gasteiger partial charge is 0.302 e. The summed E-state index contributed by atoms with van der Waals surface area (Å²) in [6.07, 6.45) is 26.2. The van der Waals surface area contributed by atoms with Gasteiger partial charge in [0.1, 0.15) is 0 Å². The first-order chi connectivity index (χ1) is 14.1. The van der Waals surface area contributed by atoms with Crippen molar-refractivity contribution in [3.05, 3.63) is 0 Å². The van der Waals surface area contributed by atoms with Crippen molar-refractivity contribution in [1.82, 2.24) is 0 Å². The van der Waals surface area contributed by atoms with E-state index in [1.807, 2.05) is 0 Å². The summed E-state index contributed by atoms with van der Waals surface area (Å²) in [6.45, 7) is 2.61. The Morgan fingerprint density at radius 1 is 0.690 bits per heavy atom. The van der Waals surface area contributed by atoms with E-state index < -0.39 is 7.82 Å². The van der Waals surface area contributed by atoms with Crippen LogP contribution in [-0.4, -0.2) is 17.6 Å². The van der Waals surface area contributed by atoms with Crippen molar-refractivity contribution < 1.29 is 18.5 Å². The van der Waals surface area contributed by atoms with Crippen molar-refractivity contribution in [2.75, 3.05) is 6.61 Å². The zero-order valence-corrected chi connectivity index (χ0v) is 20.1. The molecule has 1 unspecified atom stereocenters. The van der Waals surface area contributed by atoms with Gasteiger partial charge in [0.15, 0.2) is 0 Å². The van der Waals surface area contributed by atoms with Crippen LogP contribution in [0.25, 0.3) is 0 Å². The van der Waals surface area contributed by atoms with E-state index in [2.05, 4.69) is 6.92 Å². The summed E-state index contributed by atoms with van der Waals surface area (Å²) in [5.41, 5.74) is 0. The maximum atomic E-state index is 12.0. The van der Waals surface area contributed by atoms with E-state index in [-0.39, 0.29) is 6.10 Å². The van der Waals surface area contributed by atoms with Crippen molar-refractivity contribution in [2.24, 2.45) is 0 Å². The van der Waals surface area contributed by atoms with Crippen molar-refractivity contribution in [3.63, 3.8) is 0 Å². The van der Waals surface area contributed by atoms with Gasteiger partial charge in [-0.1, -0.05) is 122 Å². The second-order valence-electron chi connectivity index (χ2n) is 8.97. The van der Waals surface area contributed by atoms with E-state index in [0.717, 1.165) is 38.5 Å². The van der Waals surface area contributed by atoms with Crippen molar-refractivity contribution >= 4 is 7.82 Å². The number of unbranched alkanes of at least 4 members (excludes halogenated alkanes) is 15. The molecule has 0 aromatic heterocycles. The molecule has 0 bridgehead atoms. The zero-order valence-electron chi connectivity index (χ0n) is 19.3. The summed E-state index contributed by atoms with van der Waals surface area (Å²) in [4.78, 5) is 9.80. The van der Waals surface area contributed by atoms with Crippen LogP contribution in [0.3, 0.4) is 0 Å². The van der Waals surface area contributed by atoms with Gasteiger partial charge in [-0.15, -0.1) is 0 Å². The lowest BCUT2D eigenvalue weighted by Crippen LogP contribution is -2.16. The van der Waals surface area contributed by atoms with Crippen LogP contribution >= 0.6 is 7.82 Å². The topological polar surface area (TPSA) is 55.8 Å². The SMILES string of the molecule is CCCCCCCCCCCCCCCCCCOP(=O)(O)OC1CCCCC1. The average molecular weight is 433 g/mol. The Balaban J connectivity index is 1.78. The Kier molecular flexibility index (Phi) is 17.6. The number of hydrogen-bond acceptors (Lipinski definition) is 3. The second-order valence-corrected chi connectivity index (χ2v) is 10.4. The monoisotopic (exact) mass is 432 g/mol. The lowest BCUT2D eigenvalue weighted by Gasteiger charge is -2.23. The van der Waals surface area contributed by atoms with Crippen LogP contribution in [0.5, 0.6) is 0 Å². The summed E-state index contributed by atoms with van der Waals surface area (Å²) in [7, 11) is -3.85. The molecule has 0 spiro atoms. The van der Waals surface area contributed by atoms with Crippen molar-refractivity contribution in [3.8, 4) is 0 Å². The fourth-order valence-electron chi connectivity index (χ4n) is 4.22. The molecule has 1 atom stereocenters. The van der Waals surface area contributed by atoms with Gasteiger partial charge in [0.05, 0.1) is 12.7 Å². The molecule has 0 aliphatic heterocycles. The lowest BCUT2D eigenvalue weighted by atomic mass is 9.98. The number of hydrogen-bond donors (Lipinski definition) is 1. The van der Waals surface area contributed by atoms with Gasteiger partial charge in [-0.05, 0) is 19.3 Å². The predicted octanol–water partition coefficient (Wildman–Crippen LogP) is 8.71. The second kappa shape index (κ2) is 18.8. The fraction of sp³-hybridized carbons (Fsp3) is 1.00. The molecule has 1 rings (SSSR count). The Labute approximate surface area is 181 Å². The minimum atomic E-state index is -3.85. The van der Waals surface area contributed by atoms with Crippen molar-refractivity contribution in [1.29, 1.82) is 0 Å². The maximum absolute atomic E-state index is 12.0. The van der Waals surface area contributed by atoms with Crippen LogP contribution in [0.1, 0.15) is 142 Å². The molecule has 1 saturated carbocycles. The summed E-state index contributed by atoms with van der Waals surface area (Å²) in [5, 5.41) is 0. The molecule has 1 aliphatic carbocycles. The lowest BCUT2D eigenvalue weighted by molar-refractivity contribution is 0.0817. The van der Waals surface area contributed by atoms with Gasteiger partial charge in [-0.2, -0.15) is 0 Å². The van der Waals surface area contributed by atoms with Crippen LogP contribution in [0.2, 0.25) is 0 Å². The van der Waals surface area contributed by atoms with Gasteiger partial charge in [0.2, 0.25) is 0 Å². The molecule has 0 amide bonds. The zero-order chi connectivity index (χ0) is 21.0. The van der Waals surface area contributed by atoms with E-state index in [4.69, 9.17) is 9.05 Å². The van der Waals surface area contributed by atoms with Crippen molar-refractivity contribution in [2.45, 2.75) is 148 Å². The predicted molar refractivity (Wildman–Crippen MR) is 123 cm³/mol. The Morgan fingerprint density at radius 2 is 1.10 bits per heavy atom. The molecular formula is C24H49O4P. The van der Waals surface area contributed by atoms with E-state index >= 15 is 0 Å². The highest BCUT2D eigenvalue weighted by Crippen LogP contribution is 2.46. The standard InChI is InChI=1S/C24H49O4P/c1-2-3-4-5-6-7-8-9-10-11-12-13-14-15-16-20-23-27-29(25,26)28-24-21-18-17-19-22-24/h24H,2-23H2,1H3,(H,25,26). The summed E-state index contributed by atoms with van der Waals surface area (Å²) in [6, 6.07) is 0. The third-order valence-corrected chi connectivity index (χ3v) is 7.16. The van der Waals surface area contributed by atoms with E-state index in [0.29, 0.717) is 6.61 Å². The normalized spacial score (nSPS) is 17.4. The Hall–Kier alpha value is 0.110. The first kappa shape index (κ1) is 27.1. The molecule has 0 aromatic carbocycles. The Morgan fingerprint density at radius 3 is 1.55 bits per heavy atom. The van der Waals surface area contributed by atoms with Crippen LogP contribution in [0.15, 0.2) is 0 Å². The highest BCUT2D eigenvalue weighted by Gasteiger charge is 2.27. The molecule has 1 aliphatic rings. The first-order valence-corrected chi connectivity index (χ1v) is 14.3. The highest BCUT2D eigenvalue weighted by atomic mass is 31.2. The third kappa shape index (κ3) is 17.5. The summed E-state index contributed by atoms with van der Waals surface area (Å²) in [5.74, 6) is 0. The molecule has 0 heterocycles. The molecule has 0 radical (unpaired) electrons. The minimum Gasteiger partial charge on any atom is -0.302 e. The van der Waals surface area contributed by atoms with E-state index in [1.54, 1.807) is 0 Å². The Bertz CT molecular complexity index is 396. The first-order valence-electron chi connectivity index (χ1n) is 12.8. The molecule has 174 valence electrons. The molecule has 29 heavy (non-hydrogen) atoms. The summed E-state index contributed by atoms with van der Waals surface area (Å²) < 4.78 is 22.4. The van der Waals surface area contributed by atoms with Crippen LogP contribution in [0, 0.1) is 0 Å². The van der Waals surface area contributed by atoms with E-state index in [1.165, 1.54) is 96.3 Å². The minimum absolute atomic E-state index is 0.0922. The van der Waals surface area contributed by atoms with Crippen LogP contribution in [0.4, 0.5) is 0 Å². The quantitative estimate of drug-likeness (QED) is 0.154. The fourth-order valence-corrected chi connectivity index (χ4v) is 5.23. The van der Waals surface area contributed by atoms with Crippen LogP contribution < -0.4 is 0 Å². The van der Waals surface area contributed by atoms with Gasteiger partial charge in [-0.25, -0.2) is 4.57 Å². The molecule has 5 heteroatoms. The average Bonchev–Trinajstić information content (AvgIpc) is 2.70. The van der Waals surface area contributed by atoms with Gasteiger partial charge in [0, 0.05) is 0 Å². The number of rotatable bonds is 20. The molecule has 0 saturated heterocycles. The molecule has 1 N–H and O–H groups in total. The van der Waals surface area contributed by atoms with Gasteiger partial charge in [-0.3, -0.25) is 9.05 Å². The van der Waals surface area contributed by atoms with Gasteiger partial charge in [0.25, 0.3) is 0 Å². The largest absolute Gasteiger partial charge is 0.472 e. The van der Waals surface area contributed by atoms with Crippen LogP contribution in [-0.2, 0) is 13.6 Å². The molecule has 4 nitrogen and oxygen atoms in total. The number of phosphoric acid groups is 1. The molecular weight excluding hydrogens is 383 g/mol. The third-order valence-electron chi connectivity index (χ3n) is 6.09. The van der Waals surface area contributed by atoms with E-state index in [9.17, 15) is 9.46 Å². The molecule has 1 fully saturated rings. The maximum Gasteiger partial charge on any atom is 0.472 e. The molecule has 0 aromatic rings. The highest BCUT2D eigenvalue weighted by molar-refractivity contribution is 7.47. The van der Waals surface area contributed by atoms with Gasteiger partial charge < -0.3 is 4.89 Å². The number of phosphoric ester groups is 1. The summed E-state index contributed by atoms with van der Waals surface area (Å²) >= 11 is 0.